The molecule has 0 spiro atoms. The highest BCUT2D eigenvalue weighted by atomic mass is 35.5. The van der Waals surface area contributed by atoms with Gasteiger partial charge in [-0.3, -0.25) is 9.63 Å². The number of benzene rings is 1. The zero-order chi connectivity index (χ0) is 15.7. The SMILES string of the molecule is CONC(=O)c1cn2ncc(Cl)c2nc1-c1cccc(F)c1. The van der Waals surface area contributed by atoms with Gasteiger partial charge >= 0.3 is 0 Å². The van der Waals surface area contributed by atoms with Crippen LogP contribution in [0.5, 0.6) is 0 Å². The summed E-state index contributed by atoms with van der Waals surface area (Å²) in [6.07, 6.45) is 2.88. The summed E-state index contributed by atoms with van der Waals surface area (Å²) >= 11 is 6.01. The van der Waals surface area contributed by atoms with Crippen LogP contribution in [0.4, 0.5) is 4.39 Å². The molecule has 0 atom stereocenters. The summed E-state index contributed by atoms with van der Waals surface area (Å²) < 4.78 is 14.8. The second kappa shape index (κ2) is 5.70. The number of halogens is 2. The van der Waals surface area contributed by atoms with Gasteiger partial charge in [0.05, 0.1) is 24.6 Å². The first-order chi connectivity index (χ1) is 10.6. The van der Waals surface area contributed by atoms with Crippen molar-refractivity contribution < 1.29 is 14.0 Å². The lowest BCUT2D eigenvalue weighted by Gasteiger charge is -2.09. The summed E-state index contributed by atoms with van der Waals surface area (Å²) in [5, 5.41) is 4.33. The van der Waals surface area contributed by atoms with E-state index < -0.39 is 11.7 Å². The van der Waals surface area contributed by atoms with E-state index in [0.29, 0.717) is 16.2 Å². The van der Waals surface area contributed by atoms with Crippen molar-refractivity contribution in [1.29, 1.82) is 0 Å². The van der Waals surface area contributed by atoms with Crippen molar-refractivity contribution in [2.45, 2.75) is 0 Å². The van der Waals surface area contributed by atoms with Crippen LogP contribution in [0.3, 0.4) is 0 Å². The average molecular weight is 321 g/mol. The molecule has 0 radical (unpaired) electrons. The number of nitrogens with one attached hydrogen (secondary N) is 1. The Hall–Kier alpha value is -2.51. The number of amides is 1. The molecule has 3 rings (SSSR count). The minimum atomic E-state index is -0.525. The molecule has 112 valence electrons. The van der Waals surface area contributed by atoms with E-state index in [1.54, 1.807) is 6.07 Å². The van der Waals surface area contributed by atoms with Crippen molar-refractivity contribution in [1.82, 2.24) is 20.1 Å². The Labute approximate surface area is 129 Å². The molecule has 1 aromatic carbocycles. The Morgan fingerprint density at radius 3 is 3.00 bits per heavy atom. The molecule has 0 unspecified atom stereocenters. The zero-order valence-corrected chi connectivity index (χ0v) is 12.1. The van der Waals surface area contributed by atoms with E-state index in [9.17, 15) is 9.18 Å². The molecular weight excluding hydrogens is 311 g/mol. The Balaban J connectivity index is 2.26. The van der Waals surface area contributed by atoms with E-state index in [-0.39, 0.29) is 11.3 Å². The summed E-state index contributed by atoms with van der Waals surface area (Å²) in [5.41, 5.74) is 3.49. The number of rotatable bonds is 3. The second-order valence-electron chi connectivity index (χ2n) is 4.41. The van der Waals surface area contributed by atoms with Gasteiger partial charge in [0.25, 0.3) is 5.91 Å². The quantitative estimate of drug-likeness (QED) is 0.753. The number of fused-ring (bicyclic) bond motifs is 1. The number of hydrogen-bond acceptors (Lipinski definition) is 4. The summed E-state index contributed by atoms with van der Waals surface area (Å²) in [7, 11) is 1.32. The molecule has 0 aliphatic heterocycles. The average Bonchev–Trinajstić information content (AvgIpc) is 2.87. The van der Waals surface area contributed by atoms with Gasteiger partial charge in [-0.25, -0.2) is 19.4 Å². The van der Waals surface area contributed by atoms with E-state index in [1.807, 2.05) is 0 Å². The van der Waals surface area contributed by atoms with Crippen LogP contribution in [0.2, 0.25) is 5.02 Å². The minimum absolute atomic E-state index is 0.180. The molecule has 0 fully saturated rings. The predicted molar refractivity (Wildman–Crippen MR) is 77.9 cm³/mol. The van der Waals surface area contributed by atoms with Crippen molar-refractivity contribution in [3.63, 3.8) is 0 Å². The van der Waals surface area contributed by atoms with Gasteiger partial charge in [0.1, 0.15) is 10.8 Å². The van der Waals surface area contributed by atoms with Gasteiger partial charge < -0.3 is 0 Å². The van der Waals surface area contributed by atoms with Gasteiger partial charge in [0, 0.05) is 11.8 Å². The van der Waals surface area contributed by atoms with E-state index in [4.69, 9.17) is 11.6 Å². The van der Waals surface area contributed by atoms with E-state index >= 15 is 0 Å². The maximum Gasteiger partial charge on any atom is 0.278 e. The molecule has 0 saturated carbocycles. The largest absolute Gasteiger partial charge is 0.278 e. The third-order valence-corrected chi connectivity index (χ3v) is 3.25. The molecule has 6 nitrogen and oxygen atoms in total. The van der Waals surface area contributed by atoms with Gasteiger partial charge in [-0.15, -0.1) is 0 Å². The summed E-state index contributed by atoms with van der Waals surface area (Å²) in [6.45, 7) is 0. The fourth-order valence-electron chi connectivity index (χ4n) is 2.05. The van der Waals surface area contributed by atoms with Crippen LogP contribution in [0.1, 0.15) is 10.4 Å². The maximum absolute atomic E-state index is 13.5. The summed E-state index contributed by atoms with van der Waals surface area (Å²) in [5.74, 6) is -0.959. The number of hydrogen-bond donors (Lipinski definition) is 1. The van der Waals surface area contributed by atoms with E-state index in [0.717, 1.165) is 0 Å². The lowest BCUT2D eigenvalue weighted by molar-refractivity contribution is 0.0537. The zero-order valence-electron chi connectivity index (χ0n) is 11.4. The second-order valence-corrected chi connectivity index (χ2v) is 4.82. The molecule has 0 aliphatic carbocycles. The number of nitrogens with zero attached hydrogens (tertiary/aromatic N) is 3. The van der Waals surface area contributed by atoms with Crippen molar-refractivity contribution >= 4 is 23.2 Å². The Morgan fingerprint density at radius 2 is 2.27 bits per heavy atom. The normalized spacial score (nSPS) is 10.9. The van der Waals surface area contributed by atoms with E-state index in [1.165, 1.54) is 42.2 Å². The van der Waals surface area contributed by atoms with Crippen LogP contribution in [0.15, 0.2) is 36.7 Å². The van der Waals surface area contributed by atoms with Crippen molar-refractivity contribution in [2.75, 3.05) is 7.11 Å². The lowest BCUT2D eigenvalue weighted by atomic mass is 10.1. The first kappa shape index (κ1) is 14.4. The van der Waals surface area contributed by atoms with Gasteiger partial charge in [-0.05, 0) is 12.1 Å². The molecule has 2 heterocycles. The standard InChI is InChI=1S/C14H10ClFN4O2/c1-22-19-14(21)10-7-20-13(11(15)6-17-20)18-12(10)8-3-2-4-9(16)5-8/h2-7H,1H3,(H,19,21). The highest BCUT2D eigenvalue weighted by molar-refractivity contribution is 6.33. The smallest absolute Gasteiger partial charge is 0.277 e. The monoisotopic (exact) mass is 320 g/mol. The molecule has 0 bridgehead atoms. The lowest BCUT2D eigenvalue weighted by Crippen LogP contribution is -2.23. The van der Waals surface area contributed by atoms with Gasteiger partial charge in [0.2, 0.25) is 0 Å². The number of carbonyl (C=O) groups excluding carboxylic acids is 1. The third kappa shape index (κ3) is 2.51. The highest BCUT2D eigenvalue weighted by Gasteiger charge is 2.18. The molecule has 2 aromatic heterocycles. The Kier molecular flexibility index (Phi) is 3.74. The summed E-state index contributed by atoms with van der Waals surface area (Å²) in [4.78, 5) is 21.1. The van der Waals surface area contributed by atoms with Gasteiger partial charge in [-0.1, -0.05) is 23.7 Å². The Morgan fingerprint density at radius 1 is 1.45 bits per heavy atom. The van der Waals surface area contributed by atoms with Crippen molar-refractivity contribution in [3.8, 4) is 11.3 Å². The fraction of sp³-hybridized carbons (Fsp3) is 0.0714. The number of aromatic nitrogens is 3. The van der Waals surface area contributed by atoms with Gasteiger partial charge in [0.15, 0.2) is 5.65 Å². The van der Waals surface area contributed by atoms with Crippen LogP contribution in [-0.4, -0.2) is 27.6 Å². The van der Waals surface area contributed by atoms with E-state index in [2.05, 4.69) is 20.4 Å². The number of carbonyl (C=O) groups is 1. The number of hydroxylamine groups is 1. The molecular formula is C14H10ClFN4O2. The molecule has 0 saturated heterocycles. The van der Waals surface area contributed by atoms with Crippen LogP contribution in [-0.2, 0) is 4.84 Å². The Bertz CT molecular complexity index is 865. The minimum Gasteiger partial charge on any atom is -0.277 e. The predicted octanol–water partition coefficient (Wildman–Crippen LogP) is 2.48. The molecule has 22 heavy (non-hydrogen) atoms. The van der Waals surface area contributed by atoms with Crippen LogP contribution in [0, 0.1) is 5.82 Å². The highest BCUT2D eigenvalue weighted by Crippen LogP contribution is 2.25. The molecule has 8 heteroatoms. The molecule has 0 aliphatic rings. The first-order valence-corrected chi connectivity index (χ1v) is 6.61. The van der Waals surface area contributed by atoms with Crippen molar-refractivity contribution in [2.24, 2.45) is 0 Å². The van der Waals surface area contributed by atoms with Crippen LogP contribution in [0.25, 0.3) is 16.9 Å². The fourth-order valence-corrected chi connectivity index (χ4v) is 2.23. The van der Waals surface area contributed by atoms with Crippen molar-refractivity contribution in [3.05, 3.63) is 53.1 Å². The topological polar surface area (TPSA) is 68.5 Å². The van der Waals surface area contributed by atoms with Gasteiger partial charge in [-0.2, -0.15) is 5.10 Å². The first-order valence-electron chi connectivity index (χ1n) is 6.23. The molecule has 3 aromatic rings. The van der Waals surface area contributed by atoms with Crippen LogP contribution < -0.4 is 5.48 Å². The molecule has 1 N–H and O–H groups in total. The maximum atomic E-state index is 13.5. The third-order valence-electron chi connectivity index (χ3n) is 2.99. The molecule has 1 amide bonds. The van der Waals surface area contributed by atoms with Crippen LogP contribution >= 0.6 is 11.6 Å². The summed E-state index contributed by atoms with van der Waals surface area (Å²) in [6, 6.07) is 5.78.